The average molecular weight is 249 g/mol. The molecule has 0 radical (unpaired) electrons. The third-order valence-corrected chi connectivity index (χ3v) is 3.56. The molecular formula is C13H19N3S. The Morgan fingerprint density at radius 3 is 3.12 bits per heavy atom. The lowest BCUT2D eigenvalue weighted by Crippen LogP contribution is -2.14. The van der Waals surface area contributed by atoms with Crippen LogP contribution in [0.5, 0.6) is 0 Å². The highest BCUT2D eigenvalue weighted by Gasteiger charge is 2.08. The van der Waals surface area contributed by atoms with E-state index >= 15 is 0 Å². The molecule has 1 atom stereocenters. The van der Waals surface area contributed by atoms with Crippen LogP contribution in [0, 0.1) is 0 Å². The Labute approximate surface area is 107 Å². The van der Waals surface area contributed by atoms with Crippen molar-refractivity contribution in [2.45, 2.75) is 32.9 Å². The van der Waals surface area contributed by atoms with Crippen LogP contribution in [-0.4, -0.2) is 16.1 Å². The lowest BCUT2D eigenvalue weighted by atomic mass is 10.2. The molecular weight excluding hydrogens is 230 g/mol. The Balaban J connectivity index is 1.98. The first-order valence-corrected chi connectivity index (χ1v) is 7.00. The summed E-state index contributed by atoms with van der Waals surface area (Å²) in [5.74, 6) is 0. The van der Waals surface area contributed by atoms with Crippen molar-refractivity contribution >= 4 is 11.3 Å². The zero-order valence-electron chi connectivity index (χ0n) is 10.4. The minimum absolute atomic E-state index is 0.369. The number of imidazole rings is 1. The zero-order valence-corrected chi connectivity index (χ0v) is 11.2. The Morgan fingerprint density at radius 2 is 2.41 bits per heavy atom. The lowest BCUT2D eigenvalue weighted by Gasteiger charge is -2.10. The summed E-state index contributed by atoms with van der Waals surface area (Å²) in [4.78, 5) is 4.42. The molecule has 0 spiro atoms. The molecule has 0 bridgehead atoms. The van der Waals surface area contributed by atoms with Gasteiger partial charge in [-0.15, -0.1) is 0 Å². The van der Waals surface area contributed by atoms with E-state index in [0.29, 0.717) is 6.04 Å². The summed E-state index contributed by atoms with van der Waals surface area (Å²) in [5.41, 5.74) is 2.46. The molecule has 4 heteroatoms. The second-order valence-electron chi connectivity index (χ2n) is 4.22. The predicted octanol–water partition coefficient (Wildman–Crippen LogP) is 3.05. The van der Waals surface area contributed by atoms with Gasteiger partial charge in [0, 0.05) is 12.7 Å². The van der Waals surface area contributed by atoms with Crippen molar-refractivity contribution < 1.29 is 0 Å². The molecule has 1 unspecified atom stereocenters. The van der Waals surface area contributed by atoms with Crippen LogP contribution in [0.15, 0.2) is 29.4 Å². The second kappa shape index (κ2) is 5.98. The smallest absolute Gasteiger partial charge is 0.0955 e. The van der Waals surface area contributed by atoms with Gasteiger partial charge in [-0.1, -0.05) is 6.92 Å². The van der Waals surface area contributed by atoms with Gasteiger partial charge in [-0.25, -0.2) is 4.98 Å². The molecule has 0 saturated heterocycles. The third kappa shape index (κ3) is 3.17. The lowest BCUT2D eigenvalue weighted by molar-refractivity contribution is 0.636. The monoisotopic (exact) mass is 249 g/mol. The SMILES string of the molecule is CCCNCc1cn(C(C)c2ccsc2)cn1. The van der Waals surface area contributed by atoms with Crippen molar-refractivity contribution in [3.05, 3.63) is 40.6 Å². The van der Waals surface area contributed by atoms with Crippen molar-refractivity contribution in [1.29, 1.82) is 0 Å². The molecule has 2 aromatic rings. The van der Waals surface area contributed by atoms with Crippen molar-refractivity contribution in [2.24, 2.45) is 0 Å². The van der Waals surface area contributed by atoms with Gasteiger partial charge < -0.3 is 9.88 Å². The molecule has 2 rings (SSSR count). The molecule has 0 aliphatic heterocycles. The molecule has 1 N–H and O–H groups in total. The maximum atomic E-state index is 4.42. The number of rotatable bonds is 6. The molecule has 2 aromatic heterocycles. The summed E-state index contributed by atoms with van der Waals surface area (Å²) in [7, 11) is 0. The molecule has 2 heterocycles. The molecule has 0 saturated carbocycles. The van der Waals surface area contributed by atoms with Crippen molar-refractivity contribution in [1.82, 2.24) is 14.9 Å². The van der Waals surface area contributed by atoms with Crippen LogP contribution in [0.4, 0.5) is 0 Å². The van der Waals surface area contributed by atoms with Crippen molar-refractivity contribution in [3.8, 4) is 0 Å². The van der Waals surface area contributed by atoms with E-state index in [9.17, 15) is 0 Å². The van der Waals surface area contributed by atoms with Crippen LogP contribution in [0.25, 0.3) is 0 Å². The van der Waals surface area contributed by atoms with E-state index in [1.54, 1.807) is 11.3 Å². The van der Waals surface area contributed by atoms with Crippen molar-refractivity contribution in [2.75, 3.05) is 6.54 Å². The summed E-state index contributed by atoms with van der Waals surface area (Å²) < 4.78 is 2.17. The highest BCUT2D eigenvalue weighted by atomic mass is 32.1. The number of nitrogens with one attached hydrogen (secondary N) is 1. The fourth-order valence-electron chi connectivity index (χ4n) is 1.76. The predicted molar refractivity (Wildman–Crippen MR) is 72.4 cm³/mol. The van der Waals surface area contributed by atoms with Crippen LogP contribution in [0.3, 0.4) is 0 Å². The first-order valence-electron chi connectivity index (χ1n) is 6.06. The number of thiophene rings is 1. The Bertz CT molecular complexity index is 433. The molecule has 0 fully saturated rings. The van der Waals surface area contributed by atoms with Crippen LogP contribution < -0.4 is 5.32 Å². The van der Waals surface area contributed by atoms with Crippen LogP contribution in [-0.2, 0) is 6.54 Å². The van der Waals surface area contributed by atoms with Crippen LogP contribution in [0.1, 0.15) is 37.6 Å². The molecule has 17 heavy (non-hydrogen) atoms. The second-order valence-corrected chi connectivity index (χ2v) is 5.00. The van der Waals surface area contributed by atoms with Gasteiger partial charge in [-0.3, -0.25) is 0 Å². The molecule has 0 aromatic carbocycles. The standard InChI is InChI=1S/C13H19N3S/c1-3-5-14-7-13-8-16(10-15-13)11(2)12-4-6-17-9-12/h4,6,8-11,14H,3,5,7H2,1-2H3. The fraction of sp³-hybridized carbons (Fsp3) is 0.462. The first kappa shape index (κ1) is 12.3. The van der Waals surface area contributed by atoms with Gasteiger partial charge in [0.1, 0.15) is 0 Å². The fourth-order valence-corrected chi connectivity index (χ4v) is 2.51. The van der Waals surface area contributed by atoms with Gasteiger partial charge in [0.15, 0.2) is 0 Å². The Kier molecular flexibility index (Phi) is 4.34. The Hall–Kier alpha value is -1.13. The van der Waals surface area contributed by atoms with Gasteiger partial charge in [-0.2, -0.15) is 11.3 Å². The number of aromatic nitrogens is 2. The summed E-state index contributed by atoms with van der Waals surface area (Å²) in [6.45, 7) is 6.28. The third-order valence-electron chi connectivity index (χ3n) is 2.86. The minimum Gasteiger partial charge on any atom is -0.330 e. The summed E-state index contributed by atoms with van der Waals surface area (Å²) in [6, 6.07) is 2.54. The molecule has 0 amide bonds. The quantitative estimate of drug-likeness (QED) is 0.797. The first-order chi connectivity index (χ1) is 8.31. The number of hydrogen-bond acceptors (Lipinski definition) is 3. The number of hydrogen-bond donors (Lipinski definition) is 1. The van der Waals surface area contributed by atoms with Crippen LogP contribution in [0.2, 0.25) is 0 Å². The normalized spacial score (nSPS) is 12.8. The van der Waals surface area contributed by atoms with Crippen LogP contribution >= 0.6 is 11.3 Å². The topological polar surface area (TPSA) is 29.9 Å². The highest BCUT2D eigenvalue weighted by Crippen LogP contribution is 2.20. The molecule has 0 aliphatic rings. The highest BCUT2D eigenvalue weighted by molar-refractivity contribution is 7.07. The molecule has 0 aliphatic carbocycles. The number of nitrogens with zero attached hydrogens (tertiary/aromatic N) is 2. The average Bonchev–Trinajstić information content (AvgIpc) is 3.00. The molecule has 92 valence electrons. The maximum Gasteiger partial charge on any atom is 0.0955 e. The van der Waals surface area contributed by atoms with Gasteiger partial charge in [0.05, 0.1) is 18.1 Å². The van der Waals surface area contributed by atoms with Gasteiger partial charge in [0.2, 0.25) is 0 Å². The van der Waals surface area contributed by atoms with Crippen molar-refractivity contribution in [3.63, 3.8) is 0 Å². The van der Waals surface area contributed by atoms with Gasteiger partial charge >= 0.3 is 0 Å². The van der Waals surface area contributed by atoms with E-state index in [4.69, 9.17) is 0 Å². The minimum atomic E-state index is 0.369. The summed E-state index contributed by atoms with van der Waals surface area (Å²) in [6.07, 6.45) is 5.21. The van der Waals surface area contributed by atoms with E-state index in [1.165, 1.54) is 5.56 Å². The van der Waals surface area contributed by atoms with E-state index in [1.807, 2.05) is 6.33 Å². The van der Waals surface area contributed by atoms with Gasteiger partial charge in [-0.05, 0) is 42.3 Å². The van der Waals surface area contributed by atoms with E-state index in [-0.39, 0.29) is 0 Å². The maximum absolute atomic E-state index is 4.42. The van der Waals surface area contributed by atoms with E-state index < -0.39 is 0 Å². The summed E-state index contributed by atoms with van der Waals surface area (Å²) >= 11 is 1.74. The summed E-state index contributed by atoms with van der Waals surface area (Å²) in [5, 5.41) is 7.68. The van der Waals surface area contributed by atoms with Gasteiger partial charge in [0.25, 0.3) is 0 Å². The molecule has 3 nitrogen and oxygen atoms in total. The van der Waals surface area contributed by atoms with E-state index in [0.717, 1.165) is 25.2 Å². The zero-order chi connectivity index (χ0) is 12.1. The largest absolute Gasteiger partial charge is 0.330 e. The van der Waals surface area contributed by atoms with E-state index in [2.05, 4.69) is 51.7 Å². The Morgan fingerprint density at radius 1 is 1.53 bits per heavy atom.